The van der Waals surface area contributed by atoms with Crippen LogP contribution in [0.2, 0.25) is 0 Å². The standard InChI is InChI=1S/C6H5F2N3O4S/c1-11-5(9-2(12)3(13)10-11)16-6(7,8)4(14)15/h1H3,(H,10,13)(H,14,15). The fourth-order valence-corrected chi connectivity index (χ4v) is 1.34. The van der Waals surface area contributed by atoms with Gasteiger partial charge in [-0.2, -0.15) is 13.8 Å². The van der Waals surface area contributed by atoms with Crippen LogP contribution in [0.4, 0.5) is 8.78 Å². The minimum Gasteiger partial charge on any atom is -0.476 e. The summed E-state index contributed by atoms with van der Waals surface area (Å²) in [5.74, 6) is -2.36. The molecule has 88 valence electrons. The summed E-state index contributed by atoms with van der Waals surface area (Å²) in [5, 5.41) is 5.34. The largest absolute Gasteiger partial charge is 0.476 e. The highest BCUT2D eigenvalue weighted by Crippen LogP contribution is 2.33. The first kappa shape index (κ1) is 12.4. The number of rotatable bonds is 3. The van der Waals surface area contributed by atoms with Gasteiger partial charge in [0, 0.05) is 18.8 Å². The van der Waals surface area contributed by atoms with Crippen LogP contribution in [0.3, 0.4) is 0 Å². The molecule has 0 atom stereocenters. The summed E-state index contributed by atoms with van der Waals surface area (Å²) >= 11 is -0.448. The Morgan fingerprint density at radius 2 is 2.12 bits per heavy atom. The lowest BCUT2D eigenvalue weighted by Crippen LogP contribution is -2.35. The quantitative estimate of drug-likeness (QED) is 0.541. The second kappa shape index (κ2) is 4.04. The van der Waals surface area contributed by atoms with Crippen LogP contribution in [0.25, 0.3) is 0 Å². The van der Waals surface area contributed by atoms with Gasteiger partial charge in [-0.05, 0) is 0 Å². The molecule has 7 nitrogen and oxygen atoms in total. The number of halogens is 2. The molecule has 0 amide bonds. The molecule has 1 aromatic rings. The van der Waals surface area contributed by atoms with Crippen LogP contribution in [0.5, 0.6) is 0 Å². The number of nitrogens with one attached hydrogen (secondary N) is 1. The molecule has 0 aromatic carbocycles. The summed E-state index contributed by atoms with van der Waals surface area (Å²) in [6.07, 6.45) is 0. The van der Waals surface area contributed by atoms with Crippen LogP contribution in [0.15, 0.2) is 14.7 Å². The number of aromatic nitrogens is 3. The Hall–Kier alpha value is -1.71. The number of hydrogen-bond donors (Lipinski definition) is 2. The predicted molar refractivity (Wildman–Crippen MR) is 48.5 cm³/mol. The van der Waals surface area contributed by atoms with E-state index in [-0.39, 0.29) is 0 Å². The minimum absolute atomic E-state index is 0.448. The average Bonchev–Trinajstić information content (AvgIpc) is 2.13. The molecular formula is C6H5F2N3O4S. The molecule has 0 radical (unpaired) electrons. The molecule has 0 fully saturated rings. The van der Waals surface area contributed by atoms with E-state index in [0.717, 1.165) is 11.7 Å². The summed E-state index contributed by atoms with van der Waals surface area (Å²) in [4.78, 5) is 34.7. The van der Waals surface area contributed by atoms with Crippen LogP contribution in [0.1, 0.15) is 0 Å². The zero-order chi connectivity index (χ0) is 12.5. The van der Waals surface area contributed by atoms with Crippen molar-refractivity contribution in [1.29, 1.82) is 0 Å². The van der Waals surface area contributed by atoms with Crippen molar-refractivity contribution in [2.24, 2.45) is 7.05 Å². The molecule has 0 aliphatic carbocycles. The maximum absolute atomic E-state index is 12.8. The maximum atomic E-state index is 12.8. The van der Waals surface area contributed by atoms with E-state index in [1.807, 2.05) is 5.10 Å². The van der Waals surface area contributed by atoms with Crippen molar-refractivity contribution in [3.05, 3.63) is 20.7 Å². The van der Waals surface area contributed by atoms with Gasteiger partial charge in [-0.15, -0.1) is 0 Å². The summed E-state index contributed by atoms with van der Waals surface area (Å²) < 4.78 is 26.3. The van der Waals surface area contributed by atoms with Crippen LogP contribution in [-0.2, 0) is 11.8 Å². The van der Waals surface area contributed by atoms with Gasteiger partial charge >= 0.3 is 22.3 Å². The Balaban J connectivity index is 3.17. The van der Waals surface area contributed by atoms with E-state index in [9.17, 15) is 23.2 Å². The van der Waals surface area contributed by atoms with Crippen LogP contribution in [-0.4, -0.2) is 31.1 Å². The molecule has 0 spiro atoms. The van der Waals surface area contributed by atoms with Gasteiger partial charge in [0.05, 0.1) is 0 Å². The number of aryl methyl sites for hydroxylation is 1. The van der Waals surface area contributed by atoms with Crippen molar-refractivity contribution in [3.63, 3.8) is 0 Å². The van der Waals surface area contributed by atoms with Crippen LogP contribution < -0.4 is 11.1 Å². The molecule has 0 aliphatic heterocycles. The van der Waals surface area contributed by atoms with E-state index in [1.54, 1.807) is 0 Å². The number of carbonyl (C=O) groups is 1. The number of H-pyrrole nitrogens is 1. The molecule has 0 bridgehead atoms. The van der Waals surface area contributed by atoms with E-state index in [0.29, 0.717) is 0 Å². The lowest BCUT2D eigenvalue weighted by molar-refractivity contribution is -0.152. The van der Waals surface area contributed by atoms with Crippen LogP contribution >= 0.6 is 11.8 Å². The van der Waals surface area contributed by atoms with Crippen LogP contribution in [0, 0.1) is 0 Å². The monoisotopic (exact) mass is 253 g/mol. The van der Waals surface area contributed by atoms with Gasteiger partial charge in [0.15, 0.2) is 5.16 Å². The van der Waals surface area contributed by atoms with Crippen molar-refractivity contribution in [3.8, 4) is 0 Å². The molecule has 0 unspecified atom stereocenters. The van der Waals surface area contributed by atoms with Gasteiger partial charge in [0.1, 0.15) is 0 Å². The predicted octanol–water partition coefficient (Wildman–Crippen LogP) is -0.762. The van der Waals surface area contributed by atoms with Gasteiger partial charge in [-0.1, -0.05) is 0 Å². The smallest absolute Gasteiger partial charge is 0.395 e. The Morgan fingerprint density at radius 1 is 1.56 bits per heavy atom. The third-order valence-electron chi connectivity index (χ3n) is 1.42. The summed E-state index contributed by atoms with van der Waals surface area (Å²) in [6.45, 7) is 0. The zero-order valence-corrected chi connectivity index (χ0v) is 8.55. The molecule has 2 N–H and O–H groups in total. The minimum atomic E-state index is -4.13. The number of aromatic amines is 1. The van der Waals surface area contributed by atoms with Gasteiger partial charge in [0.25, 0.3) is 0 Å². The van der Waals surface area contributed by atoms with Gasteiger partial charge in [0.2, 0.25) is 0 Å². The SMILES string of the molecule is Cn1[nH]c(=O)c(=O)nc1SC(F)(F)C(=O)O. The zero-order valence-electron chi connectivity index (χ0n) is 7.73. The number of carboxylic acid groups (broad SMARTS) is 1. The maximum Gasteiger partial charge on any atom is 0.395 e. The molecule has 10 heteroatoms. The molecule has 16 heavy (non-hydrogen) atoms. The highest BCUT2D eigenvalue weighted by Gasteiger charge is 2.41. The number of nitrogens with zero attached hydrogens (tertiary/aromatic N) is 2. The molecule has 0 aliphatic rings. The van der Waals surface area contributed by atoms with Crippen molar-refractivity contribution in [2.75, 3.05) is 0 Å². The van der Waals surface area contributed by atoms with Gasteiger partial charge < -0.3 is 5.11 Å². The van der Waals surface area contributed by atoms with Gasteiger partial charge in [-0.25, -0.2) is 4.79 Å². The third kappa shape index (κ3) is 2.45. The van der Waals surface area contributed by atoms with E-state index in [1.165, 1.54) is 0 Å². The van der Waals surface area contributed by atoms with E-state index in [4.69, 9.17) is 5.11 Å². The van der Waals surface area contributed by atoms with E-state index in [2.05, 4.69) is 4.98 Å². The highest BCUT2D eigenvalue weighted by molar-refractivity contribution is 8.00. The summed E-state index contributed by atoms with van der Waals surface area (Å²) in [5.41, 5.74) is -2.34. The number of thioether (sulfide) groups is 1. The van der Waals surface area contributed by atoms with Crippen molar-refractivity contribution in [2.45, 2.75) is 10.4 Å². The first-order valence-electron chi connectivity index (χ1n) is 3.71. The molecule has 1 rings (SSSR count). The van der Waals surface area contributed by atoms with Gasteiger partial charge in [-0.3, -0.25) is 19.4 Å². The fourth-order valence-electron chi connectivity index (χ4n) is 0.710. The molecule has 0 saturated heterocycles. The number of carboxylic acids is 1. The average molecular weight is 253 g/mol. The van der Waals surface area contributed by atoms with E-state index < -0.39 is 39.3 Å². The normalized spacial score (nSPS) is 11.4. The molecular weight excluding hydrogens is 248 g/mol. The molecule has 1 aromatic heterocycles. The Morgan fingerprint density at radius 3 is 2.62 bits per heavy atom. The van der Waals surface area contributed by atoms with Crippen molar-refractivity contribution < 1.29 is 18.7 Å². The van der Waals surface area contributed by atoms with Crippen molar-refractivity contribution >= 4 is 17.7 Å². The Bertz CT molecular complexity index is 537. The first-order chi connectivity index (χ1) is 7.24. The fraction of sp³-hybridized carbons (Fsp3) is 0.333. The third-order valence-corrected chi connectivity index (χ3v) is 2.39. The highest BCUT2D eigenvalue weighted by atomic mass is 32.2. The van der Waals surface area contributed by atoms with Crippen molar-refractivity contribution in [1.82, 2.24) is 14.8 Å². The second-order valence-corrected chi connectivity index (χ2v) is 3.71. The number of hydrogen-bond acceptors (Lipinski definition) is 5. The topological polar surface area (TPSA) is 105 Å². The molecule has 0 saturated carbocycles. The summed E-state index contributed by atoms with van der Waals surface area (Å²) in [7, 11) is 1.15. The lowest BCUT2D eigenvalue weighted by Gasteiger charge is -2.11. The molecule has 1 heterocycles. The lowest BCUT2D eigenvalue weighted by atomic mass is 10.7. The second-order valence-electron chi connectivity index (χ2n) is 2.62. The number of aliphatic carboxylic acids is 1. The Labute approximate surface area is 90.1 Å². The summed E-state index contributed by atoms with van der Waals surface area (Å²) in [6, 6.07) is 0. The van der Waals surface area contributed by atoms with E-state index >= 15 is 0 Å². The Kier molecular flexibility index (Phi) is 3.12. The first-order valence-corrected chi connectivity index (χ1v) is 4.53. The number of alkyl halides is 2.